The van der Waals surface area contributed by atoms with E-state index in [1.165, 1.54) is 18.5 Å². The monoisotopic (exact) mass is 535 g/mol. The molecule has 0 radical (unpaired) electrons. The molecule has 3 aromatic carbocycles. The van der Waals surface area contributed by atoms with Crippen LogP contribution in [0.15, 0.2) is 77.7 Å². The van der Waals surface area contributed by atoms with Crippen molar-refractivity contribution in [3.63, 3.8) is 0 Å². The molecule has 0 N–H and O–H groups in total. The number of methoxy groups -OCH3 is 3. The maximum absolute atomic E-state index is 13.9. The molecule has 0 spiro atoms. The van der Waals surface area contributed by atoms with Gasteiger partial charge in [0.15, 0.2) is 5.41 Å². The Morgan fingerprint density at radius 2 is 1.45 bits per heavy atom. The number of nitrogens with zero attached hydrogens (tertiary/aromatic N) is 1. The Labute approximate surface area is 222 Å². The van der Waals surface area contributed by atoms with Crippen molar-refractivity contribution < 1.29 is 32.2 Å². The molecular formula is C29H29NO7S. The minimum absolute atomic E-state index is 0.0737. The second-order valence-corrected chi connectivity index (χ2v) is 11.5. The molecule has 1 heterocycles. The SMILES string of the molecule is COC(=O)C1(C(=O)OC)[C@H](c2ccc(OC)cc2)[C@H]2CN(S(=O)(=O)c3ccc(C)cc3)c3ccccc3[C@H]21. The van der Waals surface area contributed by atoms with Gasteiger partial charge >= 0.3 is 11.9 Å². The summed E-state index contributed by atoms with van der Waals surface area (Å²) < 4.78 is 45.0. The highest BCUT2D eigenvalue weighted by molar-refractivity contribution is 7.92. The first-order valence-corrected chi connectivity index (χ1v) is 13.6. The number of sulfonamides is 1. The number of rotatable bonds is 6. The lowest BCUT2D eigenvalue weighted by atomic mass is 9.42. The molecule has 9 heteroatoms. The Morgan fingerprint density at radius 1 is 0.842 bits per heavy atom. The van der Waals surface area contributed by atoms with Gasteiger partial charge in [-0.05, 0) is 54.3 Å². The smallest absolute Gasteiger partial charge is 0.324 e. The lowest BCUT2D eigenvalue weighted by Crippen LogP contribution is -2.67. The van der Waals surface area contributed by atoms with Gasteiger partial charge < -0.3 is 14.2 Å². The maximum Gasteiger partial charge on any atom is 0.324 e. The molecule has 0 saturated heterocycles. The van der Waals surface area contributed by atoms with E-state index in [-0.39, 0.29) is 11.4 Å². The second kappa shape index (κ2) is 9.47. The predicted molar refractivity (Wildman–Crippen MR) is 141 cm³/mol. The minimum atomic E-state index is -3.94. The van der Waals surface area contributed by atoms with E-state index in [0.717, 1.165) is 5.56 Å². The molecule has 1 aliphatic carbocycles. The predicted octanol–water partition coefficient (Wildman–Crippen LogP) is 4.04. The van der Waals surface area contributed by atoms with Crippen molar-refractivity contribution in [2.45, 2.75) is 23.7 Å². The van der Waals surface area contributed by atoms with E-state index < -0.39 is 45.1 Å². The van der Waals surface area contributed by atoms with E-state index >= 15 is 0 Å². The fourth-order valence-electron chi connectivity index (χ4n) is 6.21. The largest absolute Gasteiger partial charge is 0.497 e. The van der Waals surface area contributed by atoms with Crippen molar-refractivity contribution in [2.24, 2.45) is 11.3 Å². The van der Waals surface area contributed by atoms with E-state index in [1.54, 1.807) is 79.9 Å². The number of carbonyl (C=O) groups is 2. The zero-order valence-corrected chi connectivity index (χ0v) is 22.4. The number of aryl methyl sites for hydroxylation is 1. The van der Waals surface area contributed by atoms with Gasteiger partial charge in [-0.3, -0.25) is 13.9 Å². The van der Waals surface area contributed by atoms with Crippen LogP contribution in [0.2, 0.25) is 0 Å². The number of carbonyl (C=O) groups excluding carboxylic acids is 2. The average Bonchev–Trinajstić information content (AvgIpc) is 2.93. The number of esters is 2. The molecule has 0 amide bonds. The molecule has 198 valence electrons. The first kappa shape index (κ1) is 25.8. The average molecular weight is 536 g/mol. The highest BCUT2D eigenvalue weighted by Gasteiger charge is 2.74. The third kappa shape index (κ3) is 3.60. The Bertz CT molecular complexity index is 1470. The zero-order valence-electron chi connectivity index (χ0n) is 21.6. The van der Waals surface area contributed by atoms with Crippen LogP contribution < -0.4 is 9.04 Å². The second-order valence-electron chi connectivity index (χ2n) is 9.65. The molecule has 0 unspecified atom stereocenters. The van der Waals surface area contributed by atoms with Crippen LogP contribution in [-0.2, 0) is 29.1 Å². The van der Waals surface area contributed by atoms with Crippen molar-refractivity contribution in [3.05, 3.63) is 89.5 Å². The summed E-state index contributed by atoms with van der Waals surface area (Å²) >= 11 is 0. The first-order chi connectivity index (χ1) is 18.2. The highest BCUT2D eigenvalue weighted by Crippen LogP contribution is 2.69. The molecule has 0 bridgehead atoms. The van der Waals surface area contributed by atoms with Crippen LogP contribution in [0.4, 0.5) is 5.69 Å². The summed E-state index contributed by atoms with van der Waals surface area (Å²) in [4.78, 5) is 27.3. The molecule has 8 nitrogen and oxygen atoms in total. The van der Waals surface area contributed by atoms with Gasteiger partial charge in [0.2, 0.25) is 0 Å². The van der Waals surface area contributed by atoms with Crippen LogP contribution in [0.25, 0.3) is 0 Å². The summed E-state index contributed by atoms with van der Waals surface area (Å²) in [5.41, 5.74) is 0.968. The van der Waals surface area contributed by atoms with Crippen LogP contribution in [0.1, 0.15) is 28.5 Å². The molecule has 1 fully saturated rings. The van der Waals surface area contributed by atoms with Gasteiger partial charge in [-0.1, -0.05) is 48.0 Å². The molecule has 38 heavy (non-hydrogen) atoms. The number of hydrogen-bond donors (Lipinski definition) is 0. The fraction of sp³-hybridized carbons (Fsp3) is 0.310. The number of ether oxygens (including phenoxy) is 3. The number of anilines is 1. The molecule has 0 aromatic heterocycles. The molecule has 1 aliphatic heterocycles. The van der Waals surface area contributed by atoms with Gasteiger partial charge in [0, 0.05) is 18.4 Å². The van der Waals surface area contributed by atoms with Gasteiger partial charge in [0.25, 0.3) is 10.0 Å². The third-order valence-corrected chi connectivity index (χ3v) is 9.68. The Kier molecular flexibility index (Phi) is 6.43. The molecular weight excluding hydrogens is 506 g/mol. The normalized spacial score (nSPS) is 21.4. The number of benzene rings is 3. The number of fused-ring (bicyclic) bond motifs is 3. The van der Waals surface area contributed by atoms with Crippen molar-refractivity contribution in [1.29, 1.82) is 0 Å². The molecule has 3 aromatic rings. The van der Waals surface area contributed by atoms with Gasteiger partial charge in [0.1, 0.15) is 5.75 Å². The first-order valence-electron chi connectivity index (χ1n) is 12.2. The molecule has 3 atom stereocenters. The quantitative estimate of drug-likeness (QED) is 0.347. The summed E-state index contributed by atoms with van der Waals surface area (Å²) in [6, 6.07) is 20.8. The minimum Gasteiger partial charge on any atom is -0.497 e. The van der Waals surface area contributed by atoms with Crippen LogP contribution >= 0.6 is 0 Å². The summed E-state index contributed by atoms with van der Waals surface area (Å²) in [5, 5.41) is 0. The van der Waals surface area contributed by atoms with Crippen molar-refractivity contribution in [1.82, 2.24) is 0 Å². The third-order valence-electron chi connectivity index (χ3n) is 7.88. The van der Waals surface area contributed by atoms with Crippen LogP contribution in [0.5, 0.6) is 5.75 Å². The van der Waals surface area contributed by atoms with Crippen LogP contribution in [-0.4, -0.2) is 48.2 Å². The van der Waals surface area contributed by atoms with E-state index in [0.29, 0.717) is 22.6 Å². The summed E-state index contributed by atoms with van der Waals surface area (Å²) in [6.07, 6.45) is 0. The topological polar surface area (TPSA) is 99.2 Å². The van der Waals surface area contributed by atoms with Gasteiger partial charge in [-0.2, -0.15) is 0 Å². The Balaban J connectivity index is 1.72. The summed E-state index contributed by atoms with van der Waals surface area (Å²) in [5.74, 6) is -2.55. The summed E-state index contributed by atoms with van der Waals surface area (Å²) in [7, 11) is 0.0989. The van der Waals surface area contributed by atoms with Crippen LogP contribution in [0, 0.1) is 18.3 Å². The van der Waals surface area contributed by atoms with E-state index in [2.05, 4.69) is 0 Å². The summed E-state index contributed by atoms with van der Waals surface area (Å²) in [6.45, 7) is 1.97. The molecule has 1 saturated carbocycles. The standard InChI is InChI=1S/C29H29NO7S/c1-18-9-15-21(16-10-18)38(33,34)30-17-23-25(19-11-13-20(35-2)14-12-19)29(27(31)36-3,28(32)37-4)26(23)22-7-5-6-8-24(22)30/h5-16,23,25-26H,17H2,1-4H3/t23-,25-,26-/m1/s1. The lowest BCUT2D eigenvalue weighted by Gasteiger charge is -2.61. The number of hydrogen-bond acceptors (Lipinski definition) is 7. The van der Waals surface area contributed by atoms with Gasteiger partial charge in [0.05, 0.1) is 31.9 Å². The van der Waals surface area contributed by atoms with E-state index in [4.69, 9.17) is 14.2 Å². The number of para-hydroxylation sites is 1. The maximum atomic E-state index is 13.9. The fourth-order valence-corrected chi connectivity index (χ4v) is 7.74. The van der Waals surface area contributed by atoms with E-state index in [9.17, 15) is 18.0 Å². The van der Waals surface area contributed by atoms with Crippen molar-refractivity contribution in [3.8, 4) is 5.75 Å². The highest BCUT2D eigenvalue weighted by atomic mass is 32.2. The Morgan fingerprint density at radius 3 is 2.03 bits per heavy atom. The Hall–Kier alpha value is -3.85. The zero-order chi connectivity index (χ0) is 27.2. The molecule has 5 rings (SSSR count). The lowest BCUT2D eigenvalue weighted by molar-refractivity contribution is -0.188. The van der Waals surface area contributed by atoms with Crippen molar-refractivity contribution >= 4 is 27.6 Å². The van der Waals surface area contributed by atoms with E-state index in [1.807, 2.05) is 6.92 Å². The van der Waals surface area contributed by atoms with Gasteiger partial charge in [-0.15, -0.1) is 0 Å². The van der Waals surface area contributed by atoms with Crippen LogP contribution in [0.3, 0.4) is 0 Å². The molecule has 2 aliphatic rings. The van der Waals surface area contributed by atoms with Crippen molar-refractivity contribution in [2.75, 3.05) is 32.2 Å². The van der Waals surface area contributed by atoms with Gasteiger partial charge in [-0.25, -0.2) is 8.42 Å².